The molecule has 0 bridgehead atoms. The van der Waals surface area contributed by atoms with Gasteiger partial charge in [0.25, 0.3) is 0 Å². The van der Waals surface area contributed by atoms with E-state index in [-0.39, 0.29) is 0 Å². The zero-order valence-corrected chi connectivity index (χ0v) is 15.5. The van der Waals surface area contributed by atoms with Crippen LogP contribution in [0, 0.1) is 0 Å². The SMILES string of the molecule is c1cncc(CN2CCCN(c3ccc4nnc(C5CCC5)n4n3)CC2)c1. The first kappa shape index (κ1) is 16.6. The van der Waals surface area contributed by atoms with Gasteiger partial charge in [0, 0.05) is 51.0 Å². The summed E-state index contributed by atoms with van der Waals surface area (Å²) < 4.78 is 1.97. The van der Waals surface area contributed by atoms with Gasteiger partial charge in [0.1, 0.15) is 5.82 Å². The predicted octanol–water partition coefficient (Wildman–Crippen LogP) is 2.50. The minimum atomic E-state index is 0.529. The number of rotatable bonds is 4. The Labute approximate surface area is 159 Å². The maximum absolute atomic E-state index is 4.90. The van der Waals surface area contributed by atoms with Crippen LogP contribution in [0.15, 0.2) is 36.7 Å². The van der Waals surface area contributed by atoms with Crippen LogP contribution in [0.25, 0.3) is 5.65 Å². The molecular weight excluding hydrogens is 338 g/mol. The molecule has 5 rings (SSSR count). The summed E-state index contributed by atoms with van der Waals surface area (Å²) in [5.74, 6) is 2.60. The zero-order chi connectivity index (χ0) is 18.1. The Hall–Kier alpha value is -2.54. The fourth-order valence-corrected chi connectivity index (χ4v) is 3.99. The fraction of sp³-hybridized carbons (Fsp3) is 0.500. The van der Waals surface area contributed by atoms with Gasteiger partial charge in [-0.25, -0.2) is 0 Å². The van der Waals surface area contributed by atoms with E-state index in [1.807, 2.05) is 23.0 Å². The van der Waals surface area contributed by atoms with E-state index >= 15 is 0 Å². The molecule has 0 N–H and O–H groups in total. The maximum Gasteiger partial charge on any atom is 0.178 e. The molecule has 3 aromatic rings. The van der Waals surface area contributed by atoms with Crippen molar-refractivity contribution < 1.29 is 0 Å². The lowest BCUT2D eigenvalue weighted by molar-refractivity contribution is 0.285. The molecule has 0 unspecified atom stereocenters. The van der Waals surface area contributed by atoms with Gasteiger partial charge in [-0.1, -0.05) is 12.5 Å². The van der Waals surface area contributed by atoms with Crippen LogP contribution >= 0.6 is 0 Å². The van der Waals surface area contributed by atoms with Crippen LogP contribution in [-0.2, 0) is 6.54 Å². The summed E-state index contributed by atoms with van der Waals surface area (Å²) in [6, 6.07) is 8.30. The first-order chi connectivity index (χ1) is 13.4. The molecule has 27 heavy (non-hydrogen) atoms. The molecule has 0 aromatic carbocycles. The number of anilines is 1. The largest absolute Gasteiger partial charge is 0.354 e. The van der Waals surface area contributed by atoms with Gasteiger partial charge in [0.2, 0.25) is 0 Å². The lowest BCUT2D eigenvalue weighted by atomic mass is 9.85. The molecule has 7 heteroatoms. The Bertz CT molecular complexity index is 903. The summed E-state index contributed by atoms with van der Waals surface area (Å²) in [7, 11) is 0. The van der Waals surface area contributed by atoms with Crippen molar-refractivity contribution in [2.24, 2.45) is 0 Å². The monoisotopic (exact) mass is 363 g/mol. The predicted molar refractivity (Wildman–Crippen MR) is 104 cm³/mol. The van der Waals surface area contributed by atoms with Crippen molar-refractivity contribution in [3.63, 3.8) is 0 Å². The van der Waals surface area contributed by atoms with Crippen LogP contribution in [0.2, 0.25) is 0 Å². The molecule has 140 valence electrons. The van der Waals surface area contributed by atoms with Crippen LogP contribution in [0.3, 0.4) is 0 Å². The van der Waals surface area contributed by atoms with E-state index in [1.165, 1.54) is 24.8 Å². The Morgan fingerprint density at radius 2 is 1.93 bits per heavy atom. The zero-order valence-electron chi connectivity index (χ0n) is 15.5. The third-order valence-corrected chi connectivity index (χ3v) is 5.78. The van der Waals surface area contributed by atoms with Crippen molar-refractivity contribution in [2.75, 3.05) is 31.1 Å². The smallest absolute Gasteiger partial charge is 0.178 e. The lowest BCUT2D eigenvalue weighted by Gasteiger charge is -2.24. The van der Waals surface area contributed by atoms with Gasteiger partial charge in [0.15, 0.2) is 11.5 Å². The first-order valence-corrected chi connectivity index (χ1v) is 9.95. The van der Waals surface area contributed by atoms with Crippen molar-refractivity contribution in [2.45, 2.75) is 38.1 Å². The standard InChI is InChI=1S/C20H25N7/c1-5-17(6-1)20-23-22-18-7-8-19(24-27(18)20)26-11-3-10-25(12-13-26)15-16-4-2-9-21-14-16/h2,4,7-9,14,17H,1,3,5-6,10-13,15H2. The minimum absolute atomic E-state index is 0.529. The molecular formula is C20H25N7. The molecule has 1 saturated heterocycles. The normalized spacial score (nSPS) is 19.2. The lowest BCUT2D eigenvalue weighted by Crippen LogP contribution is -2.31. The summed E-state index contributed by atoms with van der Waals surface area (Å²) in [5, 5.41) is 13.6. The summed E-state index contributed by atoms with van der Waals surface area (Å²) in [6.45, 7) is 5.12. The summed E-state index contributed by atoms with van der Waals surface area (Å²) in [6.07, 6.45) is 8.64. The average molecular weight is 363 g/mol. The molecule has 2 aliphatic rings. The number of nitrogens with zero attached hydrogens (tertiary/aromatic N) is 7. The van der Waals surface area contributed by atoms with Gasteiger partial charge in [-0.15, -0.1) is 15.3 Å². The number of hydrogen-bond donors (Lipinski definition) is 0. The number of pyridine rings is 1. The highest BCUT2D eigenvalue weighted by atomic mass is 15.4. The fourth-order valence-electron chi connectivity index (χ4n) is 3.99. The van der Waals surface area contributed by atoms with Crippen LogP contribution < -0.4 is 4.90 Å². The molecule has 0 atom stereocenters. The summed E-state index contributed by atoms with van der Waals surface area (Å²) >= 11 is 0. The second-order valence-corrected chi connectivity index (χ2v) is 7.63. The van der Waals surface area contributed by atoms with E-state index in [9.17, 15) is 0 Å². The highest BCUT2D eigenvalue weighted by Gasteiger charge is 2.26. The Kier molecular flexibility index (Phi) is 4.45. The summed E-state index contributed by atoms with van der Waals surface area (Å²) in [5.41, 5.74) is 2.13. The van der Waals surface area contributed by atoms with E-state index < -0.39 is 0 Å². The van der Waals surface area contributed by atoms with Crippen LogP contribution in [-0.4, -0.2) is 55.9 Å². The average Bonchev–Trinajstić information content (AvgIpc) is 2.91. The molecule has 1 aliphatic heterocycles. The van der Waals surface area contributed by atoms with Crippen molar-refractivity contribution in [3.05, 3.63) is 48.0 Å². The molecule has 0 spiro atoms. The Balaban J connectivity index is 1.31. The highest BCUT2D eigenvalue weighted by molar-refractivity contribution is 5.46. The van der Waals surface area contributed by atoms with E-state index in [0.29, 0.717) is 5.92 Å². The van der Waals surface area contributed by atoms with E-state index in [4.69, 9.17) is 5.10 Å². The summed E-state index contributed by atoms with van der Waals surface area (Å²) in [4.78, 5) is 9.14. The van der Waals surface area contributed by atoms with Gasteiger partial charge in [0.05, 0.1) is 0 Å². The molecule has 7 nitrogen and oxygen atoms in total. The minimum Gasteiger partial charge on any atom is -0.354 e. The maximum atomic E-state index is 4.90. The van der Waals surface area contributed by atoms with Gasteiger partial charge >= 0.3 is 0 Å². The molecule has 4 heterocycles. The molecule has 2 fully saturated rings. The van der Waals surface area contributed by atoms with Gasteiger partial charge in [-0.2, -0.15) is 4.52 Å². The van der Waals surface area contributed by atoms with E-state index in [2.05, 4.69) is 43.2 Å². The third-order valence-electron chi connectivity index (χ3n) is 5.78. The number of aromatic nitrogens is 5. The third kappa shape index (κ3) is 3.39. The Morgan fingerprint density at radius 1 is 0.963 bits per heavy atom. The van der Waals surface area contributed by atoms with E-state index in [1.54, 1.807) is 0 Å². The van der Waals surface area contributed by atoms with Gasteiger partial charge < -0.3 is 4.90 Å². The second-order valence-electron chi connectivity index (χ2n) is 7.63. The van der Waals surface area contributed by atoms with Crippen molar-refractivity contribution in [1.82, 2.24) is 29.7 Å². The first-order valence-electron chi connectivity index (χ1n) is 9.95. The molecule has 1 aliphatic carbocycles. The molecule has 0 amide bonds. The number of hydrogen-bond acceptors (Lipinski definition) is 6. The Morgan fingerprint density at radius 3 is 2.74 bits per heavy atom. The van der Waals surface area contributed by atoms with E-state index in [0.717, 1.165) is 56.4 Å². The topological polar surface area (TPSA) is 62.5 Å². The molecule has 3 aromatic heterocycles. The van der Waals surface area contributed by atoms with Crippen molar-refractivity contribution >= 4 is 11.5 Å². The van der Waals surface area contributed by atoms with Crippen LogP contribution in [0.4, 0.5) is 5.82 Å². The van der Waals surface area contributed by atoms with Crippen LogP contribution in [0.5, 0.6) is 0 Å². The van der Waals surface area contributed by atoms with Crippen molar-refractivity contribution in [1.29, 1.82) is 0 Å². The van der Waals surface area contributed by atoms with Crippen molar-refractivity contribution in [3.8, 4) is 0 Å². The second kappa shape index (κ2) is 7.23. The van der Waals surface area contributed by atoms with Crippen LogP contribution in [0.1, 0.15) is 43.0 Å². The molecule has 0 radical (unpaired) electrons. The number of fused-ring (bicyclic) bond motifs is 1. The molecule has 1 saturated carbocycles. The van der Waals surface area contributed by atoms with Gasteiger partial charge in [-0.05, 0) is 43.0 Å². The highest BCUT2D eigenvalue weighted by Crippen LogP contribution is 2.35. The quantitative estimate of drug-likeness (QED) is 0.710. The van der Waals surface area contributed by atoms with Gasteiger partial charge in [-0.3, -0.25) is 9.88 Å².